The van der Waals surface area contributed by atoms with E-state index in [4.69, 9.17) is 23.2 Å². The van der Waals surface area contributed by atoms with E-state index in [0.717, 1.165) is 48.2 Å². The molecule has 0 aromatic heterocycles. The maximum atomic E-state index is 14.2. The molecule has 2 amide bonds. The lowest BCUT2D eigenvalue weighted by Crippen LogP contribution is -2.55. The first-order valence-electron chi connectivity index (χ1n) is 13.8. The lowest BCUT2D eigenvalue weighted by Gasteiger charge is -2.35. The van der Waals surface area contributed by atoms with E-state index in [-0.39, 0.29) is 24.9 Å². The van der Waals surface area contributed by atoms with Crippen LogP contribution in [0, 0.1) is 0 Å². The van der Waals surface area contributed by atoms with E-state index in [1.165, 1.54) is 4.90 Å². The molecule has 3 aromatic carbocycles. The van der Waals surface area contributed by atoms with Gasteiger partial charge in [0.1, 0.15) is 12.6 Å². The minimum Gasteiger partial charge on any atom is -0.352 e. The maximum absolute atomic E-state index is 14.2. The molecule has 0 aliphatic heterocycles. The minimum absolute atomic E-state index is 0.0284. The van der Waals surface area contributed by atoms with Crippen LogP contribution in [-0.4, -0.2) is 50.0 Å². The van der Waals surface area contributed by atoms with E-state index < -0.39 is 28.5 Å². The molecule has 1 saturated carbocycles. The fourth-order valence-electron chi connectivity index (χ4n) is 5.18. The fraction of sp³-hybridized carbons (Fsp3) is 0.355. The highest BCUT2D eigenvalue weighted by atomic mass is 79.9. The van der Waals surface area contributed by atoms with Crippen LogP contribution >= 0.6 is 39.1 Å². The number of amides is 2. The zero-order valence-corrected chi connectivity index (χ0v) is 27.2. The number of anilines is 1. The van der Waals surface area contributed by atoms with Crippen molar-refractivity contribution >= 4 is 66.7 Å². The molecule has 0 radical (unpaired) electrons. The van der Waals surface area contributed by atoms with Crippen LogP contribution in [-0.2, 0) is 32.6 Å². The van der Waals surface area contributed by atoms with Crippen molar-refractivity contribution in [1.29, 1.82) is 0 Å². The van der Waals surface area contributed by atoms with Crippen LogP contribution in [0.2, 0.25) is 10.0 Å². The van der Waals surface area contributed by atoms with E-state index >= 15 is 0 Å². The van der Waals surface area contributed by atoms with Crippen molar-refractivity contribution in [2.24, 2.45) is 0 Å². The van der Waals surface area contributed by atoms with Crippen LogP contribution in [0.15, 0.2) is 77.3 Å². The average molecular weight is 696 g/mol. The Labute approximate surface area is 266 Å². The highest BCUT2D eigenvalue weighted by molar-refractivity contribution is 9.10. The molecule has 1 aliphatic rings. The Hall–Kier alpha value is -2.59. The number of hydrogen-bond acceptors (Lipinski definition) is 4. The van der Waals surface area contributed by atoms with Crippen LogP contribution < -0.4 is 9.62 Å². The van der Waals surface area contributed by atoms with Crippen molar-refractivity contribution in [2.75, 3.05) is 17.1 Å². The third kappa shape index (κ3) is 8.96. The van der Waals surface area contributed by atoms with Crippen molar-refractivity contribution in [3.05, 3.63) is 98.4 Å². The molecule has 11 heteroatoms. The van der Waals surface area contributed by atoms with Gasteiger partial charge in [0.05, 0.1) is 22.0 Å². The van der Waals surface area contributed by atoms with Gasteiger partial charge < -0.3 is 10.2 Å². The number of halogens is 3. The smallest absolute Gasteiger partial charge is 0.244 e. The van der Waals surface area contributed by atoms with Crippen molar-refractivity contribution in [2.45, 2.75) is 57.2 Å². The summed E-state index contributed by atoms with van der Waals surface area (Å²) in [6, 6.07) is 20.4. The standard InChI is InChI=1S/C31H34BrCl2N3O4S/c1-42(40,41)37(26-14-8-11-24(32)19-26)21-30(38)36(20-23-15-16-27(33)28(34)17-23)29(18-22-9-4-2-5-10-22)31(39)35-25-12-6-3-7-13-25/h2,4-5,8-11,14-17,19,25,29H,3,6-7,12-13,18,20-21H2,1H3,(H,35,39)/t29-/m1/s1. The molecule has 4 rings (SSSR count). The molecule has 0 unspecified atom stereocenters. The Morgan fingerprint density at radius 1 is 0.929 bits per heavy atom. The molecule has 0 heterocycles. The van der Waals surface area contributed by atoms with Gasteiger partial charge in [-0.05, 0) is 54.3 Å². The largest absolute Gasteiger partial charge is 0.352 e. The second kappa shape index (κ2) is 14.7. The van der Waals surface area contributed by atoms with Gasteiger partial charge in [0.2, 0.25) is 21.8 Å². The van der Waals surface area contributed by atoms with Crippen LogP contribution in [0.1, 0.15) is 43.2 Å². The number of rotatable bonds is 11. The summed E-state index contributed by atoms with van der Waals surface area (Å²) >= 11 is 15.8. The molecule has 224 valence electrons. The zero-order chi connectivity index (χ0) is 30.3. The van der Waals surface area contributed by atoms with Gasteiger partial charge >= 0.3 is 0 Å². The summed E-state index contributed by atoms with van der Waals surface area (Å²) < 4.78 is 27.6. The van der Waals surface area contributed by atoms with E-state index in [2.05, 4.69) is 21.2 Å². The molecule has 42 heavy (non-hydrogen) atoms. The predicted molar refractivity (Wildman–Crippen MR) is 172 cm³/mol. The van der Waals surface area contributed by atoms with Crippen LogP contribution in [0.3, 0.4) is 0 Å². The van der Waals surface area contributed by atoms with E-state index in [0.29, 0.717) is 25.8 Å². The summed E-state index contributed by atoms with van der Waals surface area (Å²) in [5.41, 5.74) is 1.87. The van der Waals surface area contributed by atoms with E-state index in [1.807, 2.05) is 30.3 Å². The van der Waals surface area contributed by atoms with Gasteiger partial charge in [-0.1, -0.05) is 101 Å². The SMILES string of the molecule is CS(=O)(=O)N(CC(=O)N(Cc1ccc(Cl)c(Cl)c1)[C@H](Cc1ccccc1)C(=O)NC1CCCCC1)c1cccc(Br)c1. The first-order chi connectivity index (χ1) is 20.0. The molecule has 0 saturated heterocycles. The summed E-state index contributed by atoms with van der Waals surface area (Å²) in [5.74, 6) is -0.793. The molecule has 1 atom stereocenters. The lowest BCUT2D eigenvalue weighted by molar-refractivity contribution is -0.140. The number of carbonyl (C=O) groups excluding carboxylic acids is 2. The quantitative estimate of drug-likeness (QED) is 0.245. The Balaban J connectivity index is 1.74. The van der Waals surface area contributed by atoms with Gasteiger partial charge in [-0.15, -0.1) is 0 Å². The molecule has 0 spiro atoms. The van der Waals surface area contributed by atoms with Crippen molar-refractivity contribution in [3.63, 3.8) is 0 Å². The maximum Gasteiger partial charge on any atom is 0.244 e. The van der Waals surface area contributed by atoms with Crippen molar-refractivity contribution < 1.29 is 18.0 Å². The summed E-state index contributed by atoms with van der Waals surface area (Å²) in [4.78, 5) is 29.7. The fourth-order valence-corrected chi connectivity index (χ4v) is 6.73. The van der Waals surface area contributed by atoms with Crippen LogP contribution in [0.25, 0.3) is 0 Å². The van der Waals surface area contributed by atoms with Crippen LogP contribution in [0.4, 0.5) is 5.69 Å². The van der Waals surface area contributed by atoms with Gasteiger partial charge in [0.25, 0.3) is 0 Å². The average Bonchev–Trinajstić information content (AvgIpc) is 2.95. The van der Waals surface area contributed by atoms with E-state index in [1.54, 1.807) is 42.5 Å². The Bertz CT molecular complexity index is 1500. The van der Waals surface area contributed by atoms with Crippen molar-refractivity contribution in [1.82, 2.24) is 10.2 Å². The van der Waals surface area contributed by atoms with E-state index in [9.17, 15) is 18.0 Å². The first-order valence-corrected chi connectivity index (χ1v) is 17.2. The number of benzene rings is 3. The molecule has 0 bridgehead atoms. The molecule has 1 aliphatic carbocycles. The number of nitrogens with zero attached hydrogens (tertiary/aromatic N) is 2. The Morgan fingerprint density at radius 3 is 2.29 bits per heavy atom. The molecule has 7 nitrogen and oxygen atoms in total. The normalized spacial score (nSPS) is 14.7. The highest BCUT2D eigenvalue weighted by Crippen LogP contribution is 2.26. The van der Waals surface area contributed by atoms with Gasteiger partial charge in [-0.25, -0.2) is 8.42 Å². The lowest BCUT2D eigenvalue weighted by atomic mass is 9.94. The second-order valence-corrected chi connectivity index (χ2v) is 14.2. The zero-order valence-electron chi connectivity index (χ0n) is 23.3. The molecule has 1 fully saturated rings. The topological polar surface area (TPSA) is 86.8 Å². The summed E-state index contributed by atoms with van der Waals surface area (Å²) in [5, 5.41) is 3.87. The number of hydrogen-bond donors (Lipinski definition) is 1. The third-order valence-corrected chi connectivity index (χ3v) is 9.71. The summed E-state index contributed by atoms with van der Waals surface area (Å²) in [7, 11) is -3.85. The van der Waals surface area contributed by atoms with Crippen molar-refractivity contribution in [3.8, 4) is 0 Å². The predicted octanol–water partition coefficient (Wildman–Crippen LogP) is 6.61. The van der Waals surface area contributed by atoms with Gasteiger partial charge in [0.15, 0.2) is 0 Å². The summed E-state index contributed by atoms with van der Waals surface area (Å²) in [6.07, 6.45) is 6.29. The molecule has 1 N–H and O–H groups in total. The Morgan fingerprint density at radius 2 is 1.64 bits per heavy atom. The Kier molecular flexibility index (Phi) is 11.3. The highest BCUT2D eigenvalue weighted by Gasteiger charge is 2.34. The number of carbonyl (C=O) groups is 2. The number of nitrogens with one attached hydrogen (secondary N) is 1. The third-order valence-electron chi connectivity index (χ3n) is 7.33. The molecular formula is C31H34BrCl2N3O4S. The first kappa shape index (κ1) is 32.3. The second-order valence-electron chi connectivity index (χ2n) is 10.6. The monoisotopic (exact) mass is 693 g/mol. The van der Waals surface area contributed by atoms with Crippen LogP contribution in [0.5, 0.6) is 0 Å². The molecule has 3 aromatic rings. The molecular weight excluding hydrogens is 661 g/mol. The summed E-state index contributed by atoms with van der Waals surface area (Å²) in [6.45, 7) is -0.458. The number of sulfonamides is 1. The van der Waals surface area contributed by atoms with Gasteiger partial charge in [0, 0.05) is 23.5 Å². The minimum atomic E-state index is -3.85. The van der Waals surface area contributed by atoms with Gasteiger partial charge in [-0.3, -0.25) is 13.9 Å². The van der Waals surface area contributed by atoms with Gasteiger partial charge in [-0.2, -0.15) is 0 Å².